The van der Waals surface area contributed by atoms with Gasteiger partial charge in [0.25, 0.3) is 5.91 Å². The fourth-order valence-corrected chi connectivity index (χ4v) is 3.30. The minimum atomic E-state index is -0.845. The summed E-state index contributed by atoms with van der Waals surface area (Å²) < 4.78 is 5.46. The first-order valence-corrected chi connectivity index (χ1v) is 9.87. The van der Waals surface area contributed by atoms with Gasteiger partial charge in [-0.25, -0.2) is 4.79 Å². The number of esters is 1. The van der Waals surface area contributed by atoms with Gasteiger partial charge in [0.15, 0.2) is 0 Å². The smallest absolute Gasteiger partial charge is 0.334 e. The first-order valence-electron chi connectivity index (χ1n) is 8.99. The number of thiophene rings is 1. The molecule has 1 atom stereocenters. The average molecular weight is 408 g/mol. The lowest BCUT2D eigenvalue weighted by Crippen LogP contribution is -2.44. The van der Waals surface area contributed by atoms with Gasteiger partial charge in [-0.05, 0) is 41.3 Å². The maximum absolute atomic E-state index is 12.8. The van der Waals surface area contributed by atoms with Crippen LogP contribution in [-0.2, 0) is 16.0 Å². The van der Waals surface area contributed by atoms with Gasteiger partial charge in [0.05, 0.1) is 4.88 Å². The molecule has 7 heteroatoms. The molecule has 0 aliphatic rings. The highest BCUT2D eigenvalue weighted by Gasteiger charge is 2.24. The number of amides is 2. The van der Waals surface area contributed by atoms with Crippen LogP contribution in [0.15, 0.2) is 72.1 Å². The summed E-state index contributed by atoms with van der Waals surface area (Å²) in [6, 6.07) is 18.5. The first-order chi connectivity index (χ1) is 14.0. The normalized spacial score (nSPS) is 11.3. The van der Waals surface area contributed by atoms with E-state index in [0.29, 0.717) is 22.7 Å². The molecule has 6 nitrogen and oxygen atoms in total. The Labute approximate surface area is 172 Å². The van der Waals surface area contributed by atoms with Crippen LogP contribution in [0, 0.1) is 0 Å². The molecule has 0 aliphatic heterocycles. The van der Waals surface area contributed by atoms with Gasteiger partial charge < -0.3 is 15.4 Å². The van der Waals surface area contributed by atoms with Crippen molar-refractivity contribution in [2.24, 2.45) is 0 Å². The van der Waals surface area contributed by atoms with E-state index in [4.69, 9.17) is 4.74 Å². The Hall–Kier alpha value is -3.45. The summed E-state index contributed by atoms with van der Waals surface area (Å²) in [7, 11) is 0. The Bertz CT molecular complexity index is 970. The van der Waals surface area contributed by atoms with Gasteiger partial charge in [-0.1, -0.05) is 36.4 Å². The third kappa shape index (κ3) is 6.02. The van der Waals surface area contributed by atoms with Crippen molar-refractivity contribution in [2.75, 3.05) is 5.32 Å². The van der Waals surface area contributed by atoms with Gasteiger partial charge in [0.2, 0.25) is 5.91 Å². The molecule has 0 aliphatic carbocycles. The molecule has 3 aromatic rings. The van der Waals surface area contributed by atoms with Crippen molar-refractivity contribution in [1.29, 1.82) is 0 Å². The fourth-order valence-electron chi connectivity index (χ4n) is 2.68. The molecule has 1 heterocycles. The minimum Gasteiger partial charge on any atom is -0.425 e. The van der Waals surface area contributed by atoms with Crippen LogP contribution in [0.5, 0.6) is 5.75 Å². The molecule has 3 rings (SSSR count). The van der Waals surface area contributed by atoms with E-state index in [1.165, 1.54) is 18.3 Å². The second-order valence-electron chi connectivity index (χ2n) is 6.32. The Morgan fingerprint density at radius 2 is 1.69 bits per heavy atom. The maximum atomic E-state index is 12.8. The monoisotopic (exact) mass is 408 g/mol. The molecule has 0 bridgehead atoms. The van der Waals surface area contributed by atoms with Gasteiger partial charge >= 0.3 is 5.97 Å². The van der Waals surface area contributed by atoms with Crippen molar-refractivity contribution in [3.05, 3.63) is 82.6 Å². The van der Waals surface area contributed by atoms with E-state index >= 15 is 0 Å². The summed E-state index contributed by atoms with van der Waals surface area (Å²) in [5, 5.41) is 7.21. The lowest BCUT2D eigenvalue weighted by atomic mass is 10.1. The van der Waals surface area contributed by atoms with E-state index in [0.717, 1.165) is 5.56 Å². The fraction of sp³-hybridized carbons (Fsp3) is 0.136. The van der Waals surface area contributed by atoms with E-state index < -0.39 is 12.0 Å². The van der Waals surface area contributed by atoms with E-state index in [2.05, 4.69) is 10.6 Å². The minimum absolute atomic E-state index is 0.186. The summed E-state index contributed by atoms with van der Waals surface area (Å²) >= 11 is 1.30. The lowest BCUT2D eigenvalue weighted by Gasteiger charge is -2.17. The standard InChI is InChI=1S/C22H20N2O4S/c1-15(25)23-17-9-11-18(12-10-17)28-22(27)19(14-16-6-3-2-4-7-16)24-21(26)20-8-5-13-29-20/h2-13,19H,14H2,1H3,(H,23,25)(H,24,26). The van der Waals surface area contributed by atoms with Gasteiger partial charge in [0.1, 0.15) is 11.8 Å². The molecule has 1 unspecified atom stereocenters. The molecule has 0 fully saturated rings. The zero-order valence-electron chi connectivity index (χ0n) is 15.8. The van der Waals surface area contributed by atoms with Gasteiger partial charge in [-0.15, -0.1) is 11.3 Å². The van der Waals surface area contributed by atoms with E-state index in [-0.39, 0.29) is 11.8 Å². The summed E-state index contributed by atoms with van der Waals surface area (Å²) in [6.45, 7) is 1.42. The van der Waals surface area contributed by atoms with Crippen LogP contribution < -0.4 is 15.4 Å². The van der Waals surface area contributed by atoms with Crippen LogP contribution in [0.3, 0.4) is 0 Å². The number of hydrogen-bond acceptors (Lipinski definition) is 5. The SMILES string of the molecule is CC(=O)Nc1ccc(OC(=O)C(Cc2ccccc2)NC(=O)c2cccs2)cc1. The van der Waals surface area contributed by atoms with Gasteiger partial charge in [0, 0.05) is 19.0 Å². The van der Waals surface area contributed by atoms with Crippen molar-refractivity contribution >= 4 is 34.8 Å². The summed E-state index contributed by atoms with van der Waals surface area (Å²) in [4.78, 5) is 36.9. The highest BCUT2D eigenvalue weighted by atomic mass is 32.1. The molecule has 1 aromatic heterocycles. The number of carbonyl (C=O) groups is 3. The quantitative estimate of drug-likeness (QED) is 0.462. The number of ether oxygens (including phenoxy) is 1. The number of carbonyl (C=O) groups excluding carboxylic acids is 3. The zero-order chi connectivity index (χ0) is 20.6. The zero-order valence-corrected chi connectivity index (χ0v) is 16.6. The summed E-state index contributed by atoms with van der Waals surface area (Å²) in [5.41, 5.74) is 1.51. The molecular formula is C22H20N2O4S. The Morgan fingerprint density at radius 3 is 2.31 bits per heavy atom. The highest BCUT2D eigenvalue weighted by Crippen LogP contribution is 2.17. The number of benzene rings is 2. The predicted molar refractivity (Wildman–Crippen MR) is 112 cm³/mol. The highest BCUT2D eigenvalue weighted by molar-refractivity contribution is 7.12. The van der Waals surface area contributed by atoms with Gasteiger partial charge in [-0.2, -0.15) is 0 Å². The van der Waals surface area contributed by atoms with Crippen molar-refractivity contribution in [1.82, 2.24) is 5.32 Å². The maximum Gasteiger partial charge on any atom is 0.334 e. The van der Waals surface area contributed by atoms with Crippen LogP contribution >= 0.6 is 11.3 Å². The van der Waals surface area contributed by atoms with Crippen molar-refractivity contribution in [3.63, 3.8) is 0 Å². The molecule has 2 aromatic carbocycles. The molecule has 2 amide bonds. The van der Waals surface area contributed by atoms with Crippen LogP contribution in [0.4, 0.5) is 5.69 Å². The Kier molecular flexibility index (Phi) is 6.76. The number of rotatable bonds is 7. The number of hydrogen-bond donors (Lipinski definition) is 2. The predicted octanol–water partition coefficient (Wildman–Crippen LogP) is 3.65. The molecule has 148 valence electrons. The number of anilines is 1. The largest absolute Gasteiger partial charge is 0.425 e. The van der Waals surface area contributed by atoms with Crippen molar-refractivity contribution < 1.29 is 19.1 Å². The van der Waals surface area contributed by atoms with E-state index in [1.807, 2.05) is 30.3 Å². The lowest BCUT2D eigenvalue weighted by molar-refractivity contribution is -0.136. The van der Waals surface area contributed by atoms with Crippen LogP contribution in [0.25, 0.3) is 0 Å². The Morgan fingerprint density at radius 1 is 0.966 bits per heavy atom. The third-order valence-electron chi connectivity index (χ3n) is 4.01. The van der Waals surface area contributed by atoms with E-state index in [1.54, 1.807) is 41.8 Å². The second kappa shape index (κ2) is 9.66. The third-order valence-corrected chi connectivity index (χ3v) is 4.88. The molecule has 0 saturated heterocycles. The summed E-state index contributed by atoms with van der Waals surface area (Å²) in [5.74, 6) is -0.744. The molecule has 0 saturated carbocycles. The molecule has 0 spiro atoms. The van der Waals surface area contributed by atoms with Crippen LogP contribution in [0.2, 0.25) is 0 Å². The van der Waals surface area contributed by atoms with Crippen LogP contribution in [-0.4, -0.2) is 23.8 Å². The van der Waals surface area contributed by atoms with Crippen molar-refractivity contribution in [2.45, 2.75) is 19.4 Å². The topological polar surface area (TPSA) is 84.5 Å². The number of nitrogens with one attached hydrogen (secondary N) is 2. The van der Waals surface area contributed by atoms with E-state index in [9.17, 15) is 14.4 Å². The Balaban J connectivity index is 1.72. The molecule has 29 heavy (non-hydrogen) atoms. The second-order valence-corrected chi connectivity index (χ2v) is 7.27. The van der Waals surface area contributed by atoms with Gasteiger partial charge in [-0.3, -0.25) is 9.59 Å². The first kappa shape index (κ1) is 20.3. The average Bonchev–Trinajstić information content (AvgIpc) is 3.24. The van der Waals surface area contributed by atoms with Crippen LogP contribution in [0.1, 0.15) is 22.2 Å². The summed E-state index contributed by atoms with van der Waals surface area (Å²) in [6.07, 6.45) is 0.306. The molecular weight excluding hydrogens is 388 g/mol. The molecule has 0 radical (unpaired) electrons. The molecule has 2 N–H and O–H groups in total. The van der Waals surface area contributed by atoms with Crippen molar-refractivity contribution in [3.8, 4) is 5.75 Å².